The highest BCUT2D eigenvalue weighted by molar-refractivity contribution is 6.01. The number of carbonyl (C=O) groups is 1. The van der Waals surface area contributed by atoms with E-state index in [2.05, 4.69) is 15.5 Å². The van der Waals surface area contributed by atoms with E-state index < -0.39 is 0 Å². The molecule has 0 radical (unpaired) electrons. The molecule has 7 nitrogen and oxygen atoms in total. The first-order valence-corrected chi connectivity index (χ1v) is 7.15. The molecule has 0 aliphatic rings. The number of hydrazone groups is 1. The Hall–Kier alpha value is -3.09. The molecule has 1 aromatic heterocycles. The highest BCUT2D eigenvalue weighted by Gasteiger charge is 2.14. The molecular formula is C17H19N3O4. The molecule has 24 heavy (non-hydrogen) atoms. The first kappa shape index (κ1) is 17.3. The molecule has 7 heteroatoms. The van der Waals surface area contributed by atoms with Crippen LogP contribution in [0.1, 0.15) is 22.8 Å². The summed E-state index contributed by atoms with van der Waals surface area (Å²) in [5.41, 5.74) is 4.32. The van der Waals surface area contributed by atoms with Gasteiger partial charge in [0.05, 0.1) is 27.0 Å². The van der Waals surface area contributed by atoms with Crippen LogP contribution in [0.4, 0.5) is 0 Å². The first-order valence-electron chi connectivity index (χ1n) is 7.15. The van der Waals surface area contributed by atoms with Crippen LogP contribution in [0.3, 0.4) is 0 Å². The molecule has 2 rings (SSSR count). The van der Waals surface area contributed by atoms with E-state index in [1.807, 2.05) is 0 Å². The van der Waals surface area contributed by atoms with E-state index in [1.54, 1.807) is 57.8 Å². The van der Waals surface area contributed by atoms with Gasteiger partial charge in [0.2, 0.25) is 5.75 Å². The molecule has 0 aliphatic carbocycles. The number of aromatic nitrogens is 1. The van der Waals surface area contributed by atoms with Crippen molar-refractivity contribution in [2.24, 2.45) is 5.10 Å². The zero-order valence-electron chi connectivity index (χ0n) is 14.0. The van der Waals surface area contributed by atoms with Gasteiger partial charge >= 0.3 is 0 Å². The molecule has 0 saturated heterocycles. The van der Waals surface area contributed by atoms with Crippen LogP contribution in [0, 0.1) is 0 Å². The van der Waals surface area contributed by atoms with Crippen molar-refractivity contribution in [3.05, 3.63) is 47.8 Å². The Kier molecular flexibility index (Phi) is 5.73. The smallest absolute Gasteiger partial charge is 0.271 e. The molecule has 126 valence electrons. The van der Waals surface area contributed by atoms with Crippen LogP contribution in [-0.4, -0.2) is 37.9 Å². The van der Waals surface area contributed by atoms with Crippen LogP contribution in [0.25, 0.3) is 0 Å². The largest absolute Gasteiger partial charge is 0.493 e. The van der Waals surface area contributed by atoms with Crippen molar-refractivity contribution in [1.29, 1.82) is 0 Å². The predicted octanol–water partition coefficient (Wildman–Crippen LogP) is 2.26. The number of rotatable bonds is 6. The van der Waals surface area contributed by atoms with Gasteiger partial charge in [0.25, 0.3) is 5.91 Å². The minimum Gasteiger partial charge on any atom is -0.493 e. The van der Waals surface area contributed by atoms with E-state index in [0.717, 1.165) is 5.56 Å². The number of methoxy groups -OCH3 is 3. The number of amides is 1. The molecule has 0 saturated carbocycles. The molecule has 0 unspecified atom stereocenters. The van der Waals surface area contributed by atoms with Crippen LogP contribution < -0.4 is 19.6 Å². The van der Waals surface area contributed by atoms with Gasteiger partial charge in [0, 0.05) is 23.5 Å². The Labute approximate surface area is 140 Å². The SMILES string of the molecule is COc1cc(C(C)=NNC(=O)c2ccncc2)cc(OC)c1OC. The maximum atomic E-state index is 12.0. The number of nitrogens with zero attached hydrogens (tertiary/aromatic N) is 2. The van der Waals surface area contributed by atoms with Gasteiger partial charge in [0.15, 0.2) is 11.5 Å². The summed E-state index contributed by atoms with van der Waals surface area (Å²) in [6, 6.07) is 6.75. The topological polar surface area (TPSA) is 82.0 Å². The average molecular weight is 329 g/mol. The van der Waals surface area contributed by atoms with Gasteiger partial charge in [-0.15, -0.1) is 0 Å². The van der Waals surface area contributed by atoms with E-state index in [1.165, 1.54) is 7.11 Å². The molecule has 0 spiro atoms. The lowest BCUT2D eigenvalue weighted by Crippen LogP contribution is -2.19. The van der Waals surface area contributed by atoms with Crippen molar-refractivity contribution in [1.82, 2.24) is 10.4 Å². The fourth-order valence-corrected chi connectivity index (χ4v) is 2.06. The second-order valence-electron chi connectivity index (χ2n) is 4.79. The quantitative estimate of drug-likeness (QED) is 0.649. The van der Waals surface area contributed by atoms with Gasteiger partial charge in [-0.05, 0) is 31.2 Å². The Balaban J connectivity index is 2.25. The third-order valence-corrected chi connectivity index (χ3v) is 3.35. The second-order valence-corrected chi connectivity index (χ2v) is 4.79. The van der Waals surface area contributed by atoms with Crippen molar-refractivity contribution in [3.63, 3.8) is 0 Å². The predicted molar refractivity (Wildman–Crippen MR) is 90.0 cm³/mol. The minimum absolute atomic E-state index is 0.316. The summed E-state index contributed by atoms with van der Waals surface area (Å²) >= 11 is 0. The Bertz CT molecular complexity index is 720. The molecule has 1 N–H and O–H groups in total. The summed E-state index contributed by atoms with van der Waals surface area (Å²) < 4.78 is 15.9. The highest BCUT2D eigenvalue weighted by Crippen LogP contribution is 2.38. The van der Waals surface area contributed by atoms with E-state index in [4.69, 9.17) is 14.2 Å². The maximum absolute atomic E-state index is 12.0. The minimum atomic E-state index is -0.316. The number of carbonyl (C=O) groups excluding carboxylic acids is 1. The van der Waals surface area contributed by atoms with Crippen molar-refractivity contribution in [3.8, 4) is 17.2 Å². The van der Waals surface area contributed by atoms with E-state index in [0.29, 0.717) is 28.5 Å². The number of benzene rings is 1. The third-order valence-electron chi connectivity index (χ3n) is 3.35. The number of pyridine rings is 1. The summed E-state index contributed by atoms with van der Waals surface area (Å²) in [4.78, 5) is 15.9. The maximum Gasteiger partial charge on any atom is 0.271 e. The van der Waals surface area contributed by atoms with E-state index >= 15 is 0 Å². The van der Waals surface area contributed by atoms with Crippen molar-refractivity contribution >= 4 is 11.6 Å². The highest BCUT2D eigenvalue weighted by atomic mass is 16.5. The lowest BCUT2D eigenvalue weighted by molar-refractivity contribution is 0.0954. The lowest BCUT2D eigenvalue weighted by atomic mass is 10.1. The zero-order valence-corrected chi connectivity index (χ0v) is 14.0. The van der Waals surface area contributed by atoms with E-state index in [9.17, 15) is 4.79 Å². The Morgan fingerprint density at radius 2 is 1.58 bits per heavy atom. The van der Waals surface area contributed by atoms with Crippen molar-refractivity contribution in [2.75, 3.05) is 21.3 Å². The normalized spacial score (nSPS) is 10.9. The third kappa shape index (κ3) is 3.81. The lowest BCUT2D eigenvalue weighted by Gasteiger charge is -2.14. The Morgan fingerprint density at radius 1 is 1.00 bits per heavy atom. The van der Waals surface area contributed by atoms with Crippen LogP contribution in [0.2, 0.25) is 0 Å². The van der Waals surface area contributed by atoms with Crippen LogP contribution in [0.15, 0.2) is 41.8 Å². The van der Waals surface area contributed by atoms with Gasteiger partial charge < -0.3 is 14.2 Å². The number of nitrogens with one attached hydrogen (secondary N) is 1. The number of ether oxygens (including phenoxy) is 3. The molecule has 0 bridgehead atoms. The molecule has 1 heterocycles. The number of hydrogen-bond donors (Lipinski definition) is 1. The summed E-state index contributed by atoms with van der Waals surface area (Å²) in [5.74, 6) is 1.21. The molecule has 0 fully saturated rings. The molecule has 0 atom stereocenters. The van der Waals surface area contributed by atoms with Crippen molar-refractivity contribution in [2.45, 2.75) is 6.92 Å². The van der Waals surface area contributed by atoms with Crippen LogP contribution in [-0.2, 0) is 0 Å². The van der Waals surface area contributed by atoms with Gasteiger partial charge in [-0.2, -0.15) is 5.10 Å². The van der Waals surface area contributed by atoms with Gasteiger partial charge in [-0.3, -0.25) is 9.78 Å². The summed E-state index contributed by atoms with van der Waals surface area (Å²) in [6.07, 6.45) is 3.09. The average Bonchev–Trinajstić information content (AvgIpc) is 2.65. The molecular weight excluding hydrogens is 310 g/mol. The molecule has 2 aromatic rings. The van der Waals surface area contributed by atoms with Gasteiger partial charge in [-0.25, -0.2) is 5.43 Å². The standard InChI is InChI=1S/C17H19N3O4/c1-11(19-20-17(21)12-5-7-18-8-6-12)13-9-14(22-2)16(24-4)15(10-13)23-3/h5-10H,1-4H3,(H,20,21). The second kappa shape index (κ2) is 7.96. The number of hydrogen-bond acceptors (Lipinski definition) is 6. The first-order chi connectivity index (χ1) is 11.6. The fraction of sp³-hybridized carbons (Fsp3) is 0.235. The van der Waals surface area contributed by atoms with Gasteiger partial charge in [-0.1, -0.05) is 0 Å². The summed E-state index contributed by atoms with van der Waals surface area (Å²) in [6.45, 7) is 1.77. The summed E-state index contributed by atoms with van der Waals surface area (Å²) in [7, 11) is 4.62. The van der Waals surface area contributed by atoms with Gasteiger partial charge in [0.1, 0.15) is 0 Å². The van der Waals surface area contributed by atoms with Crippen molar-refractivity contribution < 1.29 is 19.0 Å². The van der Waals surface area contributed by atoms with Crippen LogP contribution >= 0.6 is 0 Å². The molecule has 0 aliphatic heterocycles. The monoisotopic (exact) mass is 329 g/mol. The van der Waals surface area contributed by atoms with Crippen LogP contribution in [0.5, 0.6) is 17.2 Å². The molecule has 1 aromatic carbocycles. The molecule has 1 amide bonds. The summed E-state index contributed by atoms with van der Waals surface area (Å²) in [5, 5.41) is 4.12. The fourth-order valence-electron chi connectivity index (χ4n) is 2.06. The van der Waals surface area contributed by atoms with E-state index in [-0.39, 0.29) is 5.91 Å². The zero-order chi connectivity index (χ0) is 17.5. The Morgan fingerprint density at radius 3 is 2.08 bits per heavy atom.